The second-order valence-electron chi connectivity index (χ2n) is 5.20. The molecule has 2 heterocycles. The molecule has 1 atom stereocenters. The normalized spacial score (nSPS) is 19.7. The van der Waals surface area contributed by atoms with Gasteiger partial charge in [-0.2, -0.15) is 4.31 Å². The fourth-order valence-corrected chi connectivity index (χ4v) is 4.57. The predicted octanol–water partition coefficient (Wildman–Crippen LogP) is 2.21. The summed E-state index contributed by atoms with van der Waals surface area (Å²) in [5, 5.41) is 3.34. The van der Waals surface area contributed by atoms with E-state index in [1.807, 2.05) is 6.07 Å². The van der Waals surface area contributed by atoms with Crippen molar-refractivity contribution in [3.8, 4) is 0 Å². The van der Waals surface area contributed by atoms with Gasteiger partial charge in [0.1, 0.15) is 10.7 Å². The van der Waals surface area contributed by atoms with Gasteiger partial charge in [0.25, 0.3) is 0 Å². The van der Waals surface area contributed by atoms with Crippen LogP contribution in [-0.4, -0.2) is 37.3 Å². The second-order valence-corrected chi connectivity index (χ2v) is 7.49. The summed E-state index contributed by atoms with van der Waals surface area (Å²) in [5.74, 6) is -0.808. The zero-order valence-electron chi connectivity index (χ0n) is 12.1. The zero-order valence-corrected chi connectivity index (χ0v) is 13.7. The molecule has 0 saturated carbocycles. The predicted molar refractivity (Wildman–Crippen MR) is 85.1 cm³/mol. The Morgan fingerprint density at radius 2 is 2.17 bits per heavy atom. The fourth-order valence-electron chi connectivity index (χ4n) is 2.63. The monoisotopic (exact) mass is 355 g/mol. The molecule has 1 aromatic carbocycles. The van der Waals surface area contributed by atoms with E-state index in [-0.39, 0.29) is 11.6 Å². The van der Waals surface area contributed by atoms with Crippen molar-refractivity contribution in [3.05, 3.63) is 59.1 Å². The molecule has 8 heteroatoms. The van der Waals surface area contributed by atoms with E-state index in [4.69, 9.17) is 11.6 Å². The smallest absolute Gasteiger partial charge is 0.246 e. The van der Waals surface area contributed by atoms with Crippen LogP contribution in [-0.2, 0) is 10.0 Å². The summed E-state index contributed by atoms with van der Waals surface area (Å²) < 4.78 is 41.2. The summed E-state index contributed by atoms with van der Waals surface area (Å²) in [7, 11) is -4.01. The lowest BCUT2D eigenvalue weighted by Crippen LogP contribution is -2.48. The molecular weight excluding hydrogens is 341 g/mol. The Balaban J connectivity index is 2.04. The Morgan fingerprint density at radius 3 is 2.91 bits per heavy atom. The van der Waals surface area contributed by atoms with Gasteiger partial charge in [-0.25, -0.2) is 12.8 Å². The first-order chi connectivity index (χ1) is 11.0. The van der Waals surface area contributed by atoms with E-state index in [1.54, 1.807) is 18.5 Å². The highest BCUT2D eigenvalue weighted by Crippen LogP contribution is 2.30. The largest absolute Gasteiger partial charge is 0.313 e. The molecular formula is C15H15ClFN3O2S. The van der Waals surface area contributed by atoms with Crippen molar-refractivity contribution in [1.82, 2.24) is 14.6 Å². The maximum Gasteiger partial charge on any atom is 0.246 e. The molecule has 1 fully saturated rings. The molecule has 0 amide bonds. The van der Waals surface area contributed by atoms with Crippen LogP contribution in [0.2, 0.25) is 5.02 Å². The number of halogens is 2. The lowest BCUT2D eigenvalue weighted by Gasteiger charge is -2.35. The van der Waals surface area contributed by atoms with Crippen LogP contribution in [0.3, 0.4) is 0 Å². The first-order valence-corrected chi connectivity index (χ1v) is 8.89. The molecule has 0 spiro atoms. The number of aromatic nitrogens is 1. The third-order valence-electron chi connectivity index (χ3n) is 3.74. The molecule has 3 rings (SSSR count). The molecule has 1 aliphatic rings. The minimum absolute atomic E-state index is 0.179. The van der Waals surface area contributed by atoms with Crippen molar-refractivity contribution < 1.29 is 12.8 Å². The number of sulfonamides is 1. The number of hydrogen-bond acceptors (Lipinski definition) is 4. The highest BCUT2D eigenvalue weighted by Gasteiger charge is 2.36. The molecule has 0 radical (unpaired) electrons. The summed E-state index contributed by atoms with van der Waals surface area (Å²) in [6, 6.07) is 6.65. The SMILES string of the molecule is O=S(=O)(c1cc(Cl)ccc1F)N1CCNCC1c1cccnc1. The fraction of sp³-hybridized carbons (Fsp3) is 0.267. The number of pyridine rings is 1. The van der Waals surface area contributed by atoms with Gasteiger partial charge < -0.3 is 5.32 Å². The Labute approximate surface area is 139 Å². The highest BCUT2D eigenvalue weighted by molar-refractivity contribution is 7.89. The van der Waals surface area contributed by atoms with Crippen molar-refractivity contribution in [1.29, 1.82) is 0 Å². The lowest BCUT2D eigenvalue weighted by atomic mass is 10.1. The van der Waals surface area contributed by atoms with Crippen LogP contribution in [0.4, 0.5) is 4.39 Å². The Bertz CT molecular complexity index is 802. The summed E-state index contributed by atoms with van der Waals surface area (Å²) in [6.45, 7) is 1.18. The lowest BCUT2D eigenvalue weighted by molar-refractivity contribution is 0.270. The first kappa shape index (κ1) is 16.3. The van der Waals surface area contributed by atoms with Crippen LogP contribution in [0.5, 0.6) is 0 Å². The summed E-state index contributed by atoms with van der Waals surface area (Å²) in [6.07, 6.45) is 3.24. The van der Waals surface area contributed by atoms with Gasteiger partial charge in [-0.05, 0) is 29.8 Å². The molecule has 1 unspecified atom stereocenters. The zero-order chi connectivity index (χ0) is 16.4. The maximum absolute atomic E-state index is 14.1. The van der Waals surface area contributed by atoms with Crippen molar-refractivity contribution >= 4 is 21.6 Å². The van der Waals surface area contributed by atoms with Gasteiger partial charge in [-0.3, -0.25) is 4.98 Å². The van der Waals surface area contributed by atoms with Crippen LogP contribution in [0.25, 0.3) is 0 Å². The first-order valence-electron chi connectivity index (χ1n) is 7.07. The molecule has 1 saturated heterocycles. The molecule has 0 aliphatic carbocycles. The van der Waals surface area contributed by atoms with Gasteiger partial charge in [0, 0.05) is 37.1 Å². The van der Waals surface area contributed by atoms with Gasteiger partial charge in [0.2, 0.25) is 10.0 Å². The van der Waals surface area contributed by atoms with Crippen molar-refractivity contribution in [2.45, 2.75) is 10.9 Å². The molecule has 122 valence electrons. The number of benzene rings is 1. The van der Waals surface area contributed by atoms with Crippen LogP contribution in [0.1, 0.15) is 11.6 Å². The van der Waals surface area contributed by atoms with Gasteiger partial charge in [0.05, 0.1) is 6.04 Å². The van der Waals surface area contributed by atoms with Crippen molar-refractivity contribution in [2.75, 3.05) is 19.6 Å². The number of rotatable bonds is 3. The summed E-state index contributed by atoms with van der Waals surface area (Å²) in [5.41, 5.74) is 0.755. The minimum atomic E-state index is -4.01. The molecule has 23 heavy (non-hydrogen) atoms. The van der Waals surface area contributed by atoms with E-state index < -0.39 is 26.8 Å². The van der Waals surface area contributed by atoms with Crippen molar-refractivity contribution in [3.63, 3.8) is 0 Å². The molecule has 1 aromatic heterocycles. The second kappa shape index (κ2) is 6.52. The molecule has 0 bridgehead atoms. The van der Waals surface area contributed by atoms with Crippen LogP contribution in [0, 0.1) is 5.82 Å². The van der Waals surface area contributed by atoms with Gasteiger partial charge in [0.15, 0.2) is 0 Å². The standard InChI is InChI=1S/C15H15ClFN3O2S/c16-12-3-4-13(17)15(8-12)23(21,22)20-7-6-19-10-14(20)11-2-1-5-18-9-11/h1-5,8-9,14,19H,6-7,10H2. The molecule has 5 nitrogen and oxygen atoms in total. The van der Waals surface area contributed by atoms with E-state index in [0.29, 0.717) is 13.1 Å². The van der Waals surface area contributed by atoms with Crippen LogP contribution >= 0.6 is 11.6 Å². The molecule has 2 aromatic rings. The third kappa shape index (κ3) is 3.23. The van der Waals surface area contributed by atoms with Gasteiger partial charge in [-0.15, -0.1) is 0 Å². The third-order valence-corrected chi connectivity index (χ3v) is 5.90. The van der Waals surface area contributed by atoms with E-state index in [2.05, 4.69) is 10.3 Å². The minimum Gasteiger partial charge on any atom is -0.313 e. The maximum atomic E-state index is 14.1. The van der Waals surface area contributed by atoms with Gasteiger partial charge >= 0.3 is 0 Å². The average Bonchev–Trinajstić information content (AvgIpc) is 2.58. The van der Waals surface area contributed by atoms with E-state index in [9.17, 15) is 12.8 Å². The van der Waals surface area contributed by atoms with E-state index in [0.717, 1.165) is 17.7 Å². The van der Waals surface area contributed by atoms with Gasteiger partial charge in [-0.1, -0.05) is 17.7 Å². The average molecular weight is 356 g/mol. The number of nitrogens with one attached hydrogen (secondary N) is 1. The van der Waals surface area contributed by atoms with Crippen LogP contribution < -0.4 is 5.32 Å². The summed E-state index contributed by atoms with van der Waals surface area (Å²) >= 11 is 5.84. The quantitative estimate of drug-likeness (QED) is 0.917. The van der Waals surface area contributed by atoms with E-state index >= 15 is 0 Å². The Morgan fingerprint density at radius 1 is 1.35 bits per heavy atom. The molecule has 1 aliphatic heterocycles. The Kier molecular flexibility index (Phi) is 4.63. The Hall–Kier alpha value is -1.54. The van der Waals surface area contributed by atoms with E-state index in [1.165, 1.54) is 10.4 Å². The van der Waals surface area contributed by atoms with Crippen molar-refractivity contribution in [2.24, 2.45) is 0 Å². The topological polar surface area (TPSA) is 62.3 Å². The highest BCUT2D eigenvalue weighted by atomic mass is 35.5. The number of hydrogen-bond donors (Lipinski definition) is 1. The molecule has 1 N–H and O–H groups in total. The summed E-state index contributed by atoms with van der Waals surface area (Å²) in [4.78, 5) is 3.63. The van der Waals surface area contributed by atoms with Crippen LogP contribution in [0.15, 0.2) is 47.6 Å². The number of nitrogens with zero attached hydrogens (tertiary/aromatic N) is 2. The number of piperazine rings is 1.